The van der Waals surface area contributed by atoms with E-state index in [1.165, 1.54) is 13.2 Å². The van der Waals surface area contributed by atoms with E-state index in [1.54, 1.807) is 29.2 Å². The first-order valence-electron chi connectivity index (χ1n) is 13.3. The molecule has 212 valence electrons. The number of aliphatic imine (C=N–C) groups is 1. The smallest absolute Gasteiger partial charge is 0.352 e. The summed E-state index contributed by atoms with van der Waals surface area (Å²) in [6.07, 6.45) is 1.46. The fourth-order valence-corrected chi connectivity index (χ4v) is 6.08. The molecular formula is C28H31F3N6O2S. The van der Waals surface area contributed by atoms with Crippen LogP contribution in [0, 0.1) is 5.92 Å². The first kappa shape index (κ1) is 28.2. The molecule has 1 aliphatic carbocycles. The van der Waals surface area contributed by atoms with E-state index >= 15 is 0 Å². The maximum atomic E-state index is 13.8. The van der Waals surface area contributed by atoms with Crippen LogP contribution in [0.15, 0.2) is 41.5 Å². The molecule has 2 aromatic rings. The van der Waals surface area contributed by atoms with Crippen LogP contribution < -0.4 is 15.1 Å². The Morgan fingerprint density at radius 3 is 2.45 bits per heavy atom. The summed E-state index contributed by atoms with van der Waals surface area (Å²) in [6, 6.07) is 7.72. The summed E-state index contributed by atoms with van der Waals surface area (Å²) >= 11 is 5.69. The fourth-order valence-electron chi connectivity index (χ4n) is 5.61. The lowest BCUT2D eigenvalue weighted by atomic mass is 9.75. The number of carbonyl (C=O) groups is 2. The van der Waals surface area contributed by atoms with E-state index in [1.807, 2.05) is 0 Å². The largest absolute Gasteiger partial charge is 0.418 e. The van der Waals surface area contributed by atoms with Crippen molar-refractivity contribution >= 4 is 46.7 Å². The van der Waals surface area contributed by atoms with Gasteiger partial charge in [0.05, 0.1) is 23.1 Å². The lowest BCUT2D eigenvalue weighted by Gasteiger charge is -2.43. The number of anilines is 2. The molecule has 1 saturated carbocycles. The van der Waals surface area contributed by atoms with Gasteiger partial charge in [-0.3, -0.25) is 24.5 Å². The maximum Gasteiger partial charge on any atom is 0.418 e. The second-order valence-electron chi connectivity index (χ2n) is 10.7. The summed E-state index contributed by atoms with van der Waals surface area (Å²) < 4.78 is 41.4. The van der Waals surface area contributed by atoms with Crippen LogP contribution in [0.5, 0.6) is 0 Å². The molecule has 8 nitrogen and oxygen atoms in total. The van der Waals surface area contributed by atoms with Crippen LogP contribution in [-0.2, 0) is 11.0 Å². The number of benzene rings is 1. The monoisotopic (exact) mass is 572 g/mol. The molecular weight excluding hydrogens is 541 g/mol. The maximum absolute atomic E-state index is 13.8. The number of rotatable bonds is 6. The van der Waals surface area contributed by atoms with Gasteiger partial charge in [0, 0.05) is 31.1 Å². The molecule has 1 aromatic heterocycles. The normalized spacial score (nSPS) is 20.0. The van der Waals surface area contributed by atoms with Crippen molar-refractivity contribution in [2.24, 2.45) is 10.9 Å². The van der Waals surface area contributed by atoms with Gasteiger partial charge in [0.2, 0.25) is 0 Å². The molecule has 0 bridgehead atoms. The number of alkyl halides is 3. The van der Waals surface area contributed by atoms with Gasteiger partial charge in [0.25, 0.3) is 11.8 Å². The van der Waals surface area contributed by atoms with Gasteiger partial charge in [-0.1, -0.05) is 0 Å². The highest BCUT2D eigenvalue weighted by Gasteiger charge is 2.59. The van der Waals surface area contributed by atoms with Crippen molar-refractivity contribution in [3.8, 4) is 0 Å². The second-order valence-corrected chi connectivity index (χ2v) is 11.0. The Balaban J connectivity index is 1.37. The molecule has 3 heterocycles. The van der Waals surface area contributed by atoms with Gasteiger partial charge in [-0.05, 0) is 101 Å². The van der Waals surface area contributed by atoms with Crippen molar-refractivity contribution in [1.82, 2.24) is 15.2 Å². The third-order valence-corrected chi connectivity index (χ3v) is 8.45. The highest BCUT2D eigenvalue weighted by Crippen LogP contribution is 2.48. The zero-order valence-corrected chi connectivity index (χ0v) is 23.2. The predicted octanol–water partition coefficient (Wildman–Crippen LogP) is 4.28. The number of halogens is 3. The highest BCUT2D eigenvalue weighted by molar-refractivity contribution is 7.81. The molecule has 3 fully saturated rings. The first-order chi connectivity index (χ1) is 19.0. The molecule has 3 aliphatic rings. The Bertz CT molecular complexity index is 1330. The molecule has 1 aromatic carbocycles. The SMILES string of the molecule is C/N=C\c1ncc(N2C(=O)C3(CCC3)N(c3ccc(C(=O)NCC4CCN(C)CC4)cc3)C2=S)cc1C(F)(F)F. The molecule has 1 N–H and O–H groups in total. The van der Waals surface area contributed by atoms with E-state index < -0.39 is 17.3 Å². The molecule has 2 amide bonds. The van der Waals surface area contributed by atoms with Crippen molar-refractivity contribution < 1.29 is 22.8 Å². The van der Waals surface area contributed by atoms with Gasteiger partial charge in [-0.2, -0.15) is 13.2 Å². The number of piperidine rings is 1. The average molecular weight is 573 g/mol. The van der Waals surface area contributed by atoms with E-state index in [0.29, 0.717) is 36.6 Å². The summed E-state index contributed by atoms with van der Waals surface area (Å²) in [5.41, 5.74) is -1.27. The summed E-state index contributed by atoms with van der Waals surface area (Å²) in [7, 11) is 3.45. The first-order valence-corrected chi connectivity index (χ1v) is 13.7. The summed E-state index contributed by atoms with van der Waals surface area (Å²) in [5.74, 6) is -0.102. The number of hydrogen-bond donors (Lipinski definition) is 1. The van der Waals surface area contributed by atoms with Crippen LogP contribution in [0.3, 0.4) is 0 Å². The van der Waals surface area contributed by atoms with Crippen molar-refractivity contribution in [3.63, 3.8) is 0 Å². The van der Waals surface area contributed by atoms with Crippen LogP contribution >= 0.6 is 12.2 Å². The number of pyridine rings is 1. The zero-order valence-electron chi connectivity index (χ0n) is 22.4. The minimum Gasteiger partial charge on any atom is -0.352 e. The quantitative estimate of drug-likeness (QED) is 0.411. The Morgan fingerprint density at radius 2 is 1.88 bits per heavy atom. The summed E-state index contributed by atoms with van der Waals surface area (Å²) in [6.45, 7) is 2.66. The number of carbonyl (C=O) groups excluding carboxylic acids is 2. The number of thiocarbonyl (C=S) groups is 1. The van der Waals surface area contributed by atoms with E-state index in [9.17, 15) is 22.8 Å². The molecule has 12 heteroatoms. The van der Waals surface area contributed by atoms with Gasteiger partial charge >= 0.3 is 6.18 Å². The summed E-state index contributed by atoms with van der Waals surface area (Å²) in [4.78, 5) is 39.2. The molecule has 0 radical (unpaired) electrons. The zero-order chi connectivity index (χ0) is 28.7. The molecule has 0 unspecified atom stereocenters. The van der Waals surface area contributed by atoms with Crippen molar-refractivity contribution in [2.45, 2.75) is 43.8 Å². The number of nitrogens with zero attached hydrogens (tertiary/aromatic N) is 5. The van der Waals surface area contributed by atoms with Gasteiger partial charge in [0.1, 0.15) is 5.54 Å². The Hall–Kier alpha value is -3.38. The van der Waals surface area contributed by atoms with Gasteiger partial charge in [-0.15, -0.1) is 0 Å². The molecule has 2 aliphatic heterocycles. The van der Waals surface area contributed by atoms with Crippen LogP contribution in [0.1, 0.15) is 53.7 Å². The lowest BCUT2D eigenvalue weighted by Crippen LogP contribution is -2.55. The fraction of sp³-hybridized carbons (Fsp3) is 0.464. The predicted molar refractivity (Wildman–Crippen MR) is 151 cm³/mol. The van der Waals surface area contributed by atoms with Crippen LogP contribution in [0.2, 0.25) is 0 Å². The summed E-state index contributed by atoms with van der Waals surface area (Å²) in [5, 5.41) is 3.10. The molecule has 40 heavy (non-hydrogen) atoms. The van der Waals surface area contributed by atoms with Gasteiger partial charge in [0.15, 0.2) is 5.11 Å². The number of amides is 2. The van der Waals surface area contributed by atoms with Crippen LogP contribution in [-0.4, -0.2) is 72.3 Å². The molecule has 2 saturated heterocycles. The van der Waals surface area contributed by atoms with Crippen molar-refractivity contribution in [3.05, 3.63) is 53.3 Å². The standard InChI is InChI=1S/C28H31F3N6O2S/c1-32-17-23-22(28(29,30)31)14-21(16-33-23)36-25(39)27(10-3-11-27)37(26(36)40)20-6-4-19(5-7-20)24(38)34-15-18-8-12-35(2)13-9-18/h4-7,14,16-18H,3,8-13,15H2,1-2H3,(H,34,38)/b32-17-. The Kier molecular flexibility index (Phi) is 7.66. The van der Waals surface area contributed by atoms with E-state index in [-0.39, 0.29) is 28.3 Å². The molecule has 5 rings (SSSR count). The third-order valence-electron chi connectivity index (χ3n) is 8.09. The van der Waals surface area contributed by atoms with E-state index in [4.69, 9.17) is 12.2 Å². The number of nitrogens with one attached hydrogen (secondary N) is 1. The Labute approximate surface area is 236 Å². The highest BCUT2D eigenvalue weighted by atomic mass is 32.1. The minimum atomic E-state index is -4.69. The van der Waals surface area contributed by atoms with Crippen LogP contribution in [0.4, 0.5) is 24.5 Å². The topological polar surface area (TPSA) is 81.1 Å². The average Bonchev–Trinajstić information content (AvgIpc) is 3.14. The minimum absolute atomic E-state index is 0.0470. The van der Waals surface area contributed by atoms with Crippen molar-refractivity contribution in [2.75, 3.05) is 43.5 Å². The number of likely N-dealkylation sites (tertiary alicyclic amines) is 1. The number of hydrogen-bond acceptors (Lipinski definition) is 6. The Morgan fingerprint density at radius 1 is 1.20 bits per heavy atom. The lowest BCUT2D eigenvalue weighted by molar-refractivity contribution is -0.138. The van der Waals surface area contributed by atoms with Crippen LogP contribution in [0.25, 0.3) is 0 Å². The van der Waals surface area contributed by atoms with Crippen molar-refractivity contribution in [1.29, 1.82) is 0 Å². The molecule has 1 spiro atoms. The number of aromatic nitrogens is 1. The van der Waals surface area contributed by atoms with E-state index in [2.05, 4.69) is 27.2 Å². The second kappa shape index (κ2) is 10.9. The third kappa shape index (κ3) is 5.10. The van der Waals surface area contributed by atoms with Gasteiger partial charge in [-0.25, -0.2) is 0 Å². The molecule has 0 atom stereocenters. The van der Waals surface area contributed by atoms with Gasteiger partial charge < -0.3 is 15.1 Å². The van der Waals surface area contributed by atoms with E-state index in [0.717, 1.165) is 49.5 Å².